The van der Waals surface area contributed by atoms with E-state index in [-0.39, 0.29) is 11.9 Å². The first-order chi connectivity index (χ1) is 11.9. The lowest BCUT2D eigenvalue weighted by Crippen LogP contribution is -2.43. The summed E-state index contributed by atoms with van der Waals surface area (Å²) in [6.07, 6.45) is 0.604. The Balaban J connectivity index is 1.62. The largest absolute Gasteiger partial charge is 0.326 e. The molecule has 25 heavy (non-hydrogen) atoms. The minimum absolute atomic E-state index is 0.0673. The van der Waals surface area contributed by atoms with Gasteiger partial charge in [-0.2, -0.15) is 0 Å². The van der Waals surface area contributed by atoms with E-state index in [0.717, 1.165) is 16.8 Å². The average molecular weight is 337 g/mol. The molecule has 0 aromatic heterocycles. The fraction of sp³-hybridized carbons (Fsp3) is 0.300. The Labute approximate surface area is 148 Å². The summed E-state index contributed by atoms with van der Waals surface area (Å²) in [5, 5.41) is 5.54. The van der Waals surface area contributed by atoms with Crippen molar-refractivity contribution in [1.82, 2.24) is 5.32 Å². The number of aryl methyl sites for hydroxylation is 3. The Morgan fingerprint density at radius 2 is 1.76 bits per heavy atom. The second-order valence-electron chi connectivity index (χ2n) is 6.56. The van der Waals surface area contributed by atoms with Crippen LogP contribution in [0.25, 0.3) is 0 Å². The molecule has 3 rings (SSSR count). The maximum Gasteiger partial charge on any atom is 0.319 e. The first kappa shape index (κ1) is 17.0. The van der Waals surface area contributed by atoms with Crippen molar-refractivity contribution in [2.75, 3.05) is 16.8 Å². The molecule has 1 atom stereocenters. The molecule has 1 unspecified atom stereocenters. The smallest absolute Gasteiger partial charge is 0.319 e. The number of nitrogens with one attached hydrogen (secondary N) is 2. The van der Waals surface area contributed by atoms with Gasteiger partial charge in [0.1, 0.15) is 6.04 Å². The maximum atomic E-state index is 12.6. The third-order valence-corrected chi connectivity index (χ3v) is 4.62. The molecule has 0 spiro atoms. The van der Waals surface area contributed by atoms with E-state index >= 15 is 0 Å². The Morgan fingerprint density at radius 3 is 2.44 bits per heavy atom. The summed E-state index contributed by atoms with van der Waals surface area (Å²) in [6, 6.07) is 12.7. The van der Waals surface area contributed by atoms with E-state index in [9.17, 15) is 9.59 Å². The van der Waals surface area contributed by atoms with Crippen LogP contribution in [-0.2, 0) is 4.79 Å². The topological polar surface area (TPSA) is 61.4 Å². The second-order valence-corrected chi connectivity index (χ2v) is 6.56. The molecular weight excluding hydrogens is 314 g/mol. The van der Waals surface area contributed by atoms with Crippen molar-refractivity contribution in [1.29, 1.82) is 0 Å². The van der Waals surface area contributed by atoms with Crippen LogP contribution in [0, 0.1) is 20.8 Å². The molecule has 1 fully saturated rings. The van der Waals surface area contributed by atoms with Gasteiger partial charge >= 0.3 is 6.03 Å². The van der Waals surface area contributed by atoms with Gasteiger partial charge in [0.2, 0.25) is 5.91 Å². The molecule has 2 aromatic rings. The van der Waals surface area contributed by atoms with Crippen LogP contribution >= 0.6 is 0 Å². The third kappa shape index (κ3) is 3.82. The zero-order valence-electron chi connectivity index (χ0n) is 14.8. The molecule has 0 bridgehead atoms. The minimum Gasteiger partial charge on any atom is -0.326 e. The van der Waals surface area contributed by atoms with Gasteiger partial charge in [-0.05, 0) is 62.6 Å². The van der Waals surface area contributed by atoms with Crippen LogP contribution in [0.5, 0.6) is 0 Å². The quantitative estimate of drug-likeness (QED) is 0.900. The summed E-state index contributed by atoms with van der Waals surface area (Å²) in [5.41, 5.74) is 5.07. The number of carbonyl (C=O) groups is 2. The molecule has 1 saturated heterocycles. The molecule has 0 aliphatic carbocycles. The molecule has 1 heterocycles. The van der Waals surface area contributed by atoms with Crippen LogP contribution in [0.3, 0.4) is 0 Å². The van der Waals surface area contributed by atoms with Gasteiger partial charge in [-0.15, -0.1) is 0 Å². The summed E-state index contributed by atoms with van der Waals surface area (Å²) < 4.78 is 0. The summed E-state index contributed by atoms with van der Waals surface area (Å²) >= 11 is 0. The average Bonchev–Trinajstić information content (AvgIpc) is 2.93. The van der Waals surface area contributed by atoms with Gasteiger partial charge in [0.15, 0.2) is 0 Å². The molecule has 5 nitrogen and oxygen atoms in total. The SMILES string of the molecule is Cc1ccc(NC(=O)NC2CCN(c3ccc(C)c(C)c3)C2=O)cc1. The second kappa shape index (κ2) is 6.97. The normalized spacial score (nSPS) is 16.8. The monoisotopic (exact) mass is 337 g/mol. The van der Waals surface area contributed by atoms with E-state index in [1.165, 1.54) is 5.56 Å². The van der Waals surface area contributed by atoms with Gasteiger partial charge < -0.3 is 15.5 Å². The lowest BCUT2D eigenvalue weighted by molar-refractivity contribution is -0.118. The van der Waals surface area contributed by atoms with Crippen molar-refractivity contribution in [3.8, 4) is 0 Å². The summed E-state index contributed by atoms with van der Waals surface area (Å²) in [6.45, 7) is 6.67. The minimum atomic E-state index is -0.493. The molecule has 130 valence electrons. The van der Waals surface area contributed by atoms with Crippen LogP contribution in [0.1, 0.15) is 23.1 Å². The van der Waals surface area contributed by atoms with E-state index in [1.54, 1.807) is 4.90 Å². The van der Waals surface area contributed by atoms with E-state index in [1.807, 2.05) is 63.2 Å². The number of amides is 3. The van der Waals surface area contributed by atoms with Crippen molar-refractivity contribution in [2.24, 2.45) is 0 Å². The molecule has 0 radical (unpaired) electrons. The Hall–Kier alpha value is -2.82. The highest BCUT2D eigenvalue weighted by atomic mass is 16.2. The molecule has 0 saturated carbocycles. The number of anilines is 2. The van der Waals surface area contributed by atoms with Gasteiger partial charge in [0.05, 0.1) is 0 Å². The van der Waals surface area contributed by atoms with Crippen LogP contribution in [0.15, 0.2) is 42.5 Å². The standard InChI is InChI=1S/C20H23N3O2/c1-13-4-7-16(8-5-13)21-20(25)22-18-10-11-23(19(18)24)17-9-6-14(2)15(3)12-17/h4-9,12,18H,10-11H2,1-3H3,(H2,21,22,25). The summed E-state index contributed by atoms with van der Waals surface area (Å²) in [5.74, 6) is -0.0673. The van der Waals surface area contributed by atoms with Crippen LogP contribution < -0.4 is 15.5 Å². The Morgan fingerprint density at radius 1 is 1.04 bits per heavy atom. The zero-order valence-corrected chi connectivity index (χ0v) is 14.8. The van der Waals surface area contributed by atoms with E-state index in [0.29, 0.717) is 18.7 Å². The van der Waals surface area contributed by atoms with E-state index < -0.39 is 6.04 Å². The molecule has 3 amide bonds. The van der Waals surface area contributed by atoms with Gasteiger partial charge in [-0.3, -0.25) is 4.79 Å². The summed E-state index contributed by atoms with van der Waals surface area (Å²) in [7, 11) is 0. The predicted molar refractivity (Wildman–Crippen MR) is 100 cm³/mol. The van der Waals surface area contributed by atoms with Crippen LogP contribution in [-0.4, -0.2) is 24.5 Å². The van der Waals surface area contributed by atoms with Gasteiger partial charge in [0, 0.05) is 17.9 Å². The highest BCUT2D eigenvalue weighted by Crippen LogP contribution is 2.24. The van der Waals surface area contributed by atoms with Crippen molar-refractivity contribution < 1.29 is 9.59 Å². The Kier molecular flexibility index (Phi) is 4.74. The maximum absolute atomic E-state index is 12.6. The molecule has 1 aliphatic rings. The lowest BCUT2D eigenvalue weighted by atomic mass is 10.1. The number of benzene rings is 2. The zero-order chi connectivity index (χ0) is 18.0. The molecule has 1 aliphatic heterocycles. The van der Waals surface area contributed by atoms with Crippen LogP contribution in [0.4, 0.5) is 16.2 Å². The molecule has 5 heteroatoms. The number of hydrogen-bond donors (Lipinski definition) is 2. The van der Waals surface area contributed by atoms with Gasteiger partial charge in [0.25, 0.3) is 0 Å². The molecule has 2 aromatic carbocycles. The van der Waals surface area contributed by atoms with E-state index in [4.69, 9.17) is 0 Å². The number of nitrogens with zero attached hydrogens (tertiary/aromatic N) is 1. The fourth-order valence-electron chi connectivity index (χ4n) is 2.93. The number of carbonyl (C=O) groups excluding carboxylic acids is 2. The van der Waals surface area contributed by atoms with Crippen molar-refractivity contribution >= 4 is 23.3 Å². The number of rotatable bonds is 3. The first-order valence-corrected chi connectivity index (χ1v) is 8.47. The highest BCUT2D eigenvalue weighted by Gasteiger charge is 2.33. The van der Waals surface area contributed by atoms with Gasteiger partial charge in [-0.1, -0.05) is 23.8 Å². The highest BCUT2D eigenvalue weighted by molar-refractivity contribution is 6.02. The van der Waals surface area contributed by atoms with Crippen molar-refractivity contribution in [2.45, 2.75) is 33.2 Å². The fourth-order valence-corrected chi connectivity index (χ4v) is 2.93. The lowest BCUT2D eigenvalue weighted by Gasteiger charge is -2.18. The van der Waals surface area contributed by atoms with Crippen LogP contribution in [0.2, 0.25) is 0 Å². The number of urea groups is 1. The molecular formula is C20H23N3O2. The first-order valence-electron chi connectivity index (χ1n) is 8.47. The Bertz CT molecular complexity index is 799. The molecule has 2 N–H and O–H groups in total. The van der Waals surface area contributed by atoms with Gasteiger partial charge in [-0.25, -0.2) is 4.79 Å². The van der Waals surface area contributed by atoms with E-state index in [2.05, 4.69) is 10.6 Å². The van der Waals surface area contributed by atoms with Crippen molar-refractivity contribution in [3.05, 3.63) is 59.2 Å². The summed E-state index contributed by atoms with van der Waals surface area (Å²) in [4.78, 5) is 26.5. The van der Waals surface area contributed by atoms with Crippen molar-refractivity contribution in [3.63, 3.8) is 0 Å². The number of hydrogen-bond acceptors (Lipinski definition) is 2. The third-order valence-electron chi connectivity index (χ3n) is 4.62. The predicted octanol–water partition coefficient (Wildman–Crippen LogP) is 3.54.